The molecule has 0 aromatic carbocycles. The standard InChI is InChI=1S/C9H12N2O/c1-4-5-9(12)11-8(3)6-7(2)10-11/h4-6H,1-3H3/b5-4+. The fourth-order valence-corrected chi connectivity index (χ4v) is 1.07. The van der Waals surface area contributed by atoms with Crippen molar-refractivity contribution in [3.63, 3.8) is 0 Å². The van der Waals surface area contributed by atoms with Crippen LogP contribution in [0.1, 0.15) is 23.1 Å². The van der Waals surface area contributed by atoms with E-state index in [1.807, 2.05) is 26.8 Å². The smallest absolute Gasteiger partial charge is 0.267 e. The number of aryl methyl sites for hydroxylation is 2. The molecule has 0 saturated carbocycles. The van der Waals surface area contributed by atoms with Gasteiger partial charge in [0.1, 0.15) is 0 Å². The first kappa shape index (κ1) is 8.71. The van der Waals surface area contributed by atoms with Crippen LogP contribution in [0.25, 0.3) is 0 Å². The lowest BCUT2D eigenvalue weighted by molar-refractivity contribution is 0.0951. The van der Waals surface area contributed by atoms with Gasteiger partial charge in [-0.3, -0.25) is 4.79 Å². The first-order valence-electron chi connectivity index (χ1n) is 3.85. The highest BCUT2D eigenvalue weighted by molar-refractivity contribution is 5.89. The van der Waals surface area contributed by atoms with E-state index in [0.717, 1.165) is 11.4 Å². The van der Waals surface area contributed by atoms with Gasteiger partial charge in [-0.15, -0.1) is 0 Å². The Balaban J connectivity index is 3.02. The third-order valence-corrected chi connectivity index (χ3v) is 1.53. The summed E-state index contributed by atoms with van der Waals surface area (Å²) >= 11 is 0. The second-order valence-electron chi connectivity index (χ2n) is 2.68. The Hall–Kier alpha value is -1.38. The van der Waals surface area contributed by atoms with Crippen LogP contribution < -0.4 is 0 Å². The molecule has 0 amide bonds. The predicted octanol–water partition coefficient (Wildman–Crippen LogP) is 1.72. The Morgan fingerprint density at radius 1 is 1.58 bits per heavy atom. The molecule has 0 spiro atoms. The number of carbonyl (C=O) groups is 1. The van der Waals surface area contributed by atoms with Crippen molar-refractivity contribution >= 4 is 5.91 Å². The Labute approximate surface area is 71.7 Å². The van der Waals surface area contributed by atoms with Crippen molar-refractivity contribution in [1.82, 2.24) is 9.78 Å². The Morgan fingerprint density at radius 2 is 2.25 bits per heavy atom. The highest BCUT2D eigenvalue weighted by atomic mass is 16.2. The number of carbonyl (C=O) groups excluding carboxylic acids is 1. The minimum atomic E-state index is -0.0944. The molecular formula is C9H12N2O. The van der Waals surface area contributed by atoms with Gasteiger partial charge < -0.3 is 0 Å². The molecule has 0 unspecified atom stereocenters. The minimum absolute atomic E-state index is 0.0944. The first-order valence-corrected chi connectivity index (χ1v) is 3.85. The maximum atomic E-state index is 11.3. The lowest BCUT2D eigenvalue weighted by Crippen LogP contribution is -2.10. The molecule has 1 rings (SSSR count). The number of hydrogen-bond donors (Lipinski definition) is 0. The summed E-state index contributed by atoms with van der Waals surface area (Å²) in [7, 11) is 0. The number of aromatic nitrogens is 2. The molecule has 3 heteroatoms. The molecule has 1 aromatic heterocycles. The molecule has 0 aliphatic carbocycles. The van der Waals surface area contributed by atoms with Gasteiger partial charge in [-0.1, -0.05) is 6.08 Å². The van der Waals surface area contributed by atoms with Crippen molar-refractivity contribution in [2.45, 2.75) is 20.8 Å². The van der Waals surface area contributed by atoms with E-state index in [0.29, 0.717) is 0 Å². The van der Waals surface area contributed by atoms with E-state index in [4.69, 9.17) is 0 Å². The third kappa shape index (κ3) is 1.61. The van der Waals surface area contributed by atoms with Gasteiger partial charge >= 0.3 is 0 Å². The molecule has 3 nitrogen and oxygen atoms in total. The van der Waals surface area contributed by atoms with Gasteiger partial charge in [0.15, 0.2) is 0 Å². The monoisotopic (exact) mass is 164 g/mol. The highest BCUT2D eigenvalue weighted by Crippen LogP contribution is 2.01. The van der Waals surface area contributed by atoms with Crippen LogP contribution in [-0.2, 0) is 0 Å². The van der Waals surface area contributed by atoms with E-state index < -0.39 is 0 Å². The molecule has 1 aromatic rings. The average Bonchev–Trinajstić information content (AvgIpc) is 2.30. The van der Waals surface area contributed by atoms with Crippen molar-refractivity contribution in [2.24, 2.45) is 0 Å². The van der Waals surface area contributed by atoms with E-state index >= 15 is 0 Å². The average molecular weight is 164 g/mol. The predicted molar refractivity (Wildman–Crippen MR) is 47.1 cm³/mol. The molecule has 0 aliphatic rings. The normalized spacial score (nSPS) is 10.9. The molecule has 0 saturated heterocycles. The second kappa shape index (κ2) is 3.34. The summed E-state index contributed by atoms with van der Waals surface area (Å²) in [5, 5.41) is 4.04. The number of nitrogens with zero attached hydrogens (tertiary/aromatic N) is 2. The van der Waals surface area contributed by atoms with Crippen LogP contribution in [0.5, 0.6) is 0 Å². The van der Waals surface area contributed by atoms with E-state index in [-0.39, 0.29) is 5.91 Å². The molecule has 0 aliphatic heterocycles. The summed E-state index contributed by atoms with van der Waals surface area (Å²) in [5.41, 5.74) is 1.74. The fraction of sp³-hybridized carbons (Fsp3) is 0.333. The molecule has 0 bridgehead atoms. The fourth-order valence-electron chi connectivity index (χ4n) is 1.07. The zero-order valence-corrected chi connectivity index (χ0v) is 7.53. The van der Waals surface area contributed by atoms with Gasteiger partial charge in [-0.25, -0.2) is 4.68 Å². The van der Waals surface area contributed by atoms with Crippen LogP contribution in [-0.4, -0.2) is 15.7 Å². The zero-order chi connectivity index (χ0) is 9.14. The maximum Gasteiger partial charge on any atom is 0.270 e. The van der Waals surface area contributed by atoms with E-state index in [9.17, 15) is 4.79 Å². The topological polar surface area (TPSA) is 34.9 Å². The third-order valence-electron chi connectivity index (χ3n) is 1.53. The number of hydrogen-bond acceptors (Lipinski definition) is 2. The second-order valence-corrected chi connectivity index (χ2v) is 2.68. The van der Waals surface area contributed by atoms with Gasteiger partial charge in [-0.2, -0.15) is 5.10 Å². The van der Waals surface area contributed by atoms with Crippen LogP contribution >= 0.6 is 0 Å². The van der Waals surface area contributed by atoms with Crippen molar-refractivity contribution in [3.8, 4) is 0 Å². The van der Waals surface area contributed by atoms with Gasteiger partial charge in [0.05, 0.1) is 5.69 Å². The Kier molecular flexibility index (Phi) is 2.43. The highest BCUT2D eigenvalue weighted by Gasteiger charge is 2.05. The molecular weight excluding hydrogens is 152 g/mol. The lowest BCUT2D eigenvalue weighted by Gasteiger charge is -1.95. The SMILES string of the molecule is C/C=C/C(=O)n1nc(C)cc1C. The maximum absolute atomic E-state index is 11.3. The van der Waals surface area contributed by atoms with Gasteiger partial charge in [0, 0.05) is 11.8 Å². The first-order chi connectivity index (χ1) is 5.65. The van der Waals surface area contributed by atoms with E-state index in [1.54, 1.807) is 6.08 Å². The Bertz CT molecular complexity index is 323. The summed E-state index contributed by atoms with van der Waals surface area (Å²) in [6.45, 7) is 5.54. The van der Waals surface area contributed by atoms with Gasteiger partial charge in [0.25, 0.3) is 5.91 Å². The zero-order valence-electron chi connectivity index (χ0n) is 7.53. The van der Waals surface area contributed by atoms with Crippen molar-refractivity contribution in [3.05, 3.63) is 29.6 Å². The van der Waals surface area contributed by atoms with Crippen molar-refractivity contribution < 1.29 is 4.79 Å². The molecule has 0 N–H and O–H groups in total. The number of allylic oxidation sites excluding steroid dienone is 2. The summed E-state index contributed by atoms with van der Waals surface area (Å²) in [6, 6.07) is 1.88. The summed E-state index contributed by atoms with van der Waals surface area (Å²) in [6.07, 6.45) is 3.21. The van der Waals surface area contributed by atoms with Crippen molar-refractivity contribution in [2.75, 3.05) is 0 Å². The van der Waals surface area contributed by atoms with Crippen LogP contribution in [0.2, 0.25) is 0 Å². The van der Waals surface area contributed by atoms with Crippen LogP contribution in [0.3, 0.4) is 0 Å². The van der Waals surface area contributed by atoms with Gasteiger partial charge in [0.2, 0.25) is 0 Å². The minimum Gasteiger partial charge on any atom is -0.267 e. The molecule has 0 radical (unpaired) electrons. The van der Waals surface area contributed by atoms with E-state index in [2.05, 4.69) is 5.10 Å². The molecule has 0 fully saturated rings. The Morgan fingerprint density at radius 3 is 2.67 bits per heavy atom. The van der Waals surface area contributed by atoms with Crippen LogP contribution in [0.15, 0.2) is 18.2 Å². The molecule has 64 valence electrons. The van der Waals surface area contributed by atoms with Gasteiger partial charge in [-0.05, 0) is 26.8 Å². The van der Waals surface area contributed by atoms with E-state index in [1.165, 1.54) is 10.8 Å². The summed E-state index contributed by atoms with van der Waals surface area (Å²) in [4.78, 5) is 11.3. The van der Waals surface area contributed by atoms with Crippen LogP contribution in [0, 0.1) is 13.8 Å². The molecule has 12 heavy (non-hydrogen) atoms. The largest absolute Gasteiger partial charge is 0.270 e. The number of rotatable bonds is 1. The lowest BCUT2D eigenvalue weighted by atomic mass is 10.4. The summed E-state index contributed by atoms with van der Waals surface area (Å²) in [5.74, 6) is -0.0944. The summed E-state index contributed by atoms with van der Waals surface area (Å²) < 4.78 is 1.40. The molecule has 0 atom stereocenters. The van der Waals surface area contributed by atoms with Crippen molar-refractivity contribution in [1.29, 1.82) is 0 Å². The quantitative estimate of drug-likeness (QED) is 0.592. The molecule has 1 heterocycles. The van der Waals surface area contributed by atoms with Crippen LogP contribution in [0.4, 0.5) is 0 Å².